The van der Waals surface area contributed by atoms with Crippen LogP contribution < -0.4 is 4.74 Å². The Morgan fingerprint density at radius 2 is 0.906 bits per heavy atom. The molecule has 2 heteroatoms. The average molecular weight is 672 g/mol. The Kier molecular flexibility index (Phi) is 6.35. The first-order chi connectivity index (χ1) is 26.2. The zero-order valence-corrected chi connectivity index (χ0v) is 28.6. The van der Waals surface area contributed by atoms with E-state index in [4.69, 9.17) is 4.74 Å². The molecule has 0 aromatic heterocycles. The van der Waals surface area contributed by atoms with Crippen LogP contribution in [0.15, 0.2) is 176 Å². The molecule has 0 radical (unpaired) electrons. The van der Waals surface area contributed by atoms with Crippen molar-refractivity contribution in [3.05, 3.63) is 181 Å². The Morgan fingerprint density at radius 3 is 1.66 bits per heavy atom. The van der Waals surface area contributed by atoms with Crippen molar-refractivity contribution in [2.45, 2.75) is 0 Å². The van der Waals surface area contributed by atoms with Crippen molar-refractivity contribution in [2.24, 2.45) is 0 Å². The summed E-state index contributed by atoms with van der Waals surface area (Å²) in [6.07, 6.45) is 0. The van der Waals surface area contributed by atoms with Crippen LogP contribution >= 0.6 is 0 Å². The lowest BCUT2D eigenvalue weighted by atomic mass is 9.86. The SMILES string of the molecule is N#Cc1ccc2c(c1)Oc1ccc(-c3ccc(-c4cc5c6ccccc6c(-c6cccc7ccccc67)cc5c5ccccc45)cc3)c3cccc-2c13. The van der Waals surface area contributed by atoms with E-state index in [1.807, 2.05) is 18.2 Å². The van der Waals surface area contributed by atoms with Crippen LogP contribution in [0.1, 0.15) is 5.56 Å². The van der Waals surface area contributed by atoms with Gasteiger partial charge in [0.1, 0.15) is 11.5 Å². The summed E-state index contributed by atoms with van der Waals surface area (Å²) in [5.41, 5.74) is 9.96. The molecule has 0 bridgehead atoms. The highest BCUT2D eigenvalue weighted by Crippen LogP contribution is 2.49. The number of nitriles is 1. The summed E-state index contributed by atoms with van der Waals surface area (Å²) in [5.74, 6) is 1.54. The molecule has 1 aliphatic rings. The van der Waals surface area contributed by atoms with E-state index in [-0.39, 0.29) is 0 Å². The average Bonchev–Trinajstić information content (AvgIpc) is 3.23. The molecule has 0 unspecified atom stereocenters. The molecule has 0 aliphatic carbocycles. The third kappa shape index (κ3) is 4.45. The minimum absolute atomic E-state index is 0.592. The van der Waals surface area contributed by atoms with Gasteiger partial charge in [-0.2, -0.15) is 5.26 Å². The summed E-state index contributed by atoms with van der Waals surface area (Å²) in [6, 6.07) is 65.4. The van der Waals surface area contributed by atoms with Crippen LogP contribution in [0.2, 0.25) is 0 Å². The van der Waals surface area contributed by atoms with Gasteiger partial charge in [0.15, 0.2) is 0 Å². The van der Waals surface area contributed by atoms with E-state index >= 15 is 0 Å². The molecule has 10 aromatic rings. The fourth-order valence-corrected chi connectivity index (χ4v) is 8.66. The molecular weight excluding hydrogens is 643 g/mol. The minimum Gasteiger partial charge on any atom is -0.456 e. The Morgan fingerprint density at radius 1 is 0.340 bits per heavy atom. The van der Waals surface area contributed by atoms with Crippen molar-refractivity contribution in [2.75, 3.05) is 0 Å². The van der Waals surface area contributed by atoms with Crippen LogP contribution in [0.3, 0.4) is 0 Å². The molecule has 10 aromatic carbocycles. The molecule has 0 saturated heterocycles. The van der Waals surface area contributed by atoms with Crippen LogP contribution in [0.5, 0.6) is 11.5 Å². The van der Waals surface area contributed by atoms with E-state index in [0.29, 0.717) is 5.56 Å². The minimum atomic E-state index is 0.592. The predicted octanol–water partition coefficient (Wildman–Crippen LogP) is 14.1. The Labute approximate surface area is 306 Å². The maximum absolute atomic E-state index is 9.46. The molecular formula is C51H29NO. The number of rotatable bonds is 3. The van der Waals surface area contributed by atoms with Crippen molar-refractivity contribution >= 4 is 53.9 Å². The Bertz CT molecular complexity index is 3200. The van der Waals surface area contributed by atoms with Gasteiger partial charge in [0.05, 0.1) is 11.6 Å². The van der Waals surface area contributed by atoms with E-state index in [2.05, 4.69) is 164 Å². The molecule has 1 heterocycles. The van der Waals surface area contributed by atoms with Gasteiger partial charge >= 0.3 is 0 Å². The van der Waals surface area contributed by atoms with Crippen molar-refractivity contribution in [3.8, 4) is 62.1 Å². The lowest BCUT2D eigenvalue weighted by Crippen LogP contribution is -1.98. The summed E-state index contributed by atoms with van der Waals surface area (Å²) in [5, 5.41) is 21.7. The Hall–Kier alpha value is -7.21. The largest absolute Gasteiger partial charge is 0.456 e. The molecule has 0 N–H and O–H groups in total. The van der Waals surface area contributed by atoms with E-state index in [1.165, 1.54) is 65.3 Å². The molecule has 0 atom stereocenters. The summed E-state index contributed by atoms with van der Waals surface area (Å²) in [4.78, 5) is 0. The number of ether oxygens (including phenoxy) is 1. The highest BCUT2D eigenvalue weighted by Gasteiger charge is 2.22. The first kappa shape index (κ1) is 29.5. The van der Waals surface area contributed by atoms with E-state index in [9.17, 15) is 5.26 Å². The maximum atomic E-state index is 9.46. The predicted molar refractivity (Wildman–Crippen MR) is 221 cm³/mol. The molecule has 53 heavy (non-hydrogen) atoms. The summed E-state index contributed by atoms with van der Waals surface area (Å²) in [7, 11) is 0. The van der Waals surface area contributed by atoms with Gasteiger partial charge in [-0.25, -0.2) is 0 Å². The van der Waals surface area contributed by atoms with Gasteiger partial charge in [0.25, 0.3) is 0 Å². The fourth-order valence-electron chi connectivity index (χ4n) is 8.66. The number of hydrogen-bond donors (Lipinski definition) is 0. The normalized spacial score (nSPS) is 11.9. The van der Waals surface area contributed by atoms with Crippen molar-refractivity contribution < 1.29 is 4.74 Å². The van der Waals surface area contributed by atoms with Gasteiger partial charge in [0, 0.05) is 10.9 Å². The first-order valence-electron chi connectivity index (χ1n) is 18.0. The second kappa shape index (κ2) is 11.4. The standard InChI is InChI=1S/C51H29NO/c52-30-31-19-24-42-44-18-8-17-43-36(25-26-49(51(43)44)53-50(42)27-31)33-20-22-34(23-21-33)45-28-47-41-15-6-5-14-40(41)46(29-48(47)39-13-4-3-12-38(39)45)37-16-7-10-32-9-1-2-11-35(32)37/h1-29H. The lowest BCUT2D eigenvalue weighted by molar-refractivity contribution is 0.487. The molecule has 0 fully saturated rings. The van der Waals surface area contributed by atoms with Crippen LogP contribution in [0, 0.1) is 11.3 Å². The molecule has 0 saturated carbocycles. The van der Waals surface area contributed by atoms with Gasteiger partial charge in [0.2, 0.25) is 0 Å². The fraction of sp³-hybridized carbons (Fsp3) is 0. The molecule has 1 aliphatic heterocycles. The molecule has 2 nitrogen and oxygen atoms in total. The number of nitrogens with zero attached hydrogens (tertiary/aromatic N) is 1. The zero-order valence-electron chi connectivity index (χ0n) is 28.6. The van der Waals surface area contributed by atoms with Gasteiger partial charge in [-0.1, -0.05) is 140 Å². The van der Waals surface area contributed by atoms with Crippen molar-refractivity contribution in [1.29, 1.82) is 5.26 Å². The van der Waals surface area contributed by atoms with Gasteiger partial charge < -0.3 is 4.74 Å². The molecule has 0 amide bonds. The van der Waals surface area contributed by atoms with Gasteiger partial charge in [-0.3, -0.25) is 0 Å². The number of fused-ring (bicyclic) bond motifs is 8. The second-order valence-electron chi connectivity index (χ2n) is 13.9. The topological polar surface area (TPSA) is 33.0 Å². The quantitative estimate of drug-likeness (QED) is 0.175. The lowest BCUT2D eigenvalue weighted by Gasteiger charge is -2.22. The molecule has 11 rings (SSSR count). The monoisotopic (exact) mass is 671 g/mol. The highest BCUT2D eigenvalue weighted by atomic mass is 16.5. The van der Waals surface area contributed by atoms with Crippen molar-refractivity contribution in [1.82, 2.24) is 0 Å². The van der Waals surface area contributed by atoms with E-state index < -0.39 is 0 Å². The van der Waals surface area contributed by atoms with Gasteiger partial charge in [-0.05, 0) is 124 Å². The first-order valence-corrected chi connectivity index (χ1v) is 18.0. The molecule has 0 spiro atoms. The highest BCUT2D eigenvalue weighted by molar-refractivity contribution is 6.24. The zero-order chi connectivity index (χ0) is 35.0. The summed E-state index contributed by atoms with van der Waals surface area (Å²) < 4.78 is 6.37. The van der Waals surface area contributed by atoms with Gasteiger partial charge in [-0.15, -0.1) is 0 Å². The van der Waals surface area contributed by atoms with Crippen LogP contribution in [-0.2, 0) is 0 Å². The second-order valence-corrected chi connectivity index (χ2v) is 13.9. The van der Waals surface area contributed by atoms with E-state index in [1.54, 1.807) is 0 Å². The maximum Gasteiger partial charge on any atom is 0.136 e. The van der Waals surface area contributed by atoms with Crippen LogP contribution in [0.25, 0.3) is 98.4 Å². The third-order valence-electron chi connectivity index (χ3n) is 11.1. The van der Waals surface area contributed by atoms with Crippen LogP contribution in [-0.4, -0.2) is 0 Å². The Balaban J connectivity index is 1.07. The third-order valence-corrected chi connectivity index (χ3v) is 11.1. The smallest absolute Gasteiger partial charge is 0.136 e. The summed E-state index contributed by atoms with van der Waals surface area (Å²) in [6.45, 7) is 0. The van der Waals surface area contributed by atoms with E-state index in [0.717, 1.165) is 44.5 Å². The molecule has 244 valence electrons. The van der Waals surface area contributed by atoms with Crippen molar-refractivity contribution in [3.63, 3.8) is 0 Å². The number of hydrogen-bond acceptors (Lipinski definition) is 2. The van der Waals surface area contributed by atoms with Crippen LogP contribution in [0.4, 0.5) is 0 Å². The number of benzene rings is 10. The summed E-state index contributed by atoms with van der Waals surface area (Å²) >= 11 is 0.